The maximum Gasteiger partial charge on any atom is 0.269 e. The van der Waals surface area contributed by atoms with Crippen LogP contribution in [0.2, 0.25) is 0 Å². The zero-order valence-corrected chi connectivity index (χ0v) is 12.5. The first kappa shape index (κ1) is 14.6. The summed E-state index contributed by atoms with van der Waals surface area (Å²) in [6.45, 7) is 0.681. The number of thioether (sulfide) groups is 1. The highest BCUT2D eigenvalue weighted by molar-refractivity contribution is 7.99. The van der Waals surface area contributed by atoms with Crippen molar-refractivity contribution in [3.8, 4) is 0 Å². The summed E-state index contributed by atoms with van der Waals surface area (Å²) in [5.74, 6) is 0.798. The van der Waals surface area contributed by atoms with Crippen LogP contribution in [0.1, 0.15) is 21.3 Å². The molecule has 5 nitrogen and oxygen atoms in total. The van der Waals surface area contributed by atoms with Gasteiger partial charge in [0.25, 0.3) is 11.6 Å². The molecule has 3 rings (SSSR count). The Hall–Kier alpha value is -2.34. The van der Waals surface area contributed by atoms with Crippen LogP contribution in [-0.2, 0) is 0 Å². The van der Waals surface area contributed by atoms with Crippen molar-refractivity contribution in [2.75, 3.05) is 12.3 Å². The Morgan fingerprint density at radius 2 is 1.82 bits per heavy atom. The van der Waals surface area contributed by atoms with Gasteiger partial charge in [-0.1, -0.05) is 30.3 Å². The highest BCUT2D eigenvalue weighted by Gasteiger charge is 2.31. The van der Waals surface area contributed by atoms with Gasteiger partial charge >= 0.3 is 0 Å². The Kier molecular flexibility index (Phi) is 4.11. The standard InChI is InChI=1S/C16H14N2O3S/c19-15(12-6-8-14(9-7-12)18(20)21)17-10-11-22-16(17)13-4-2-1-3-5-13/h1-9,16H,10-11H2/t16-/m1/s1. The molecule has 22 heavy (non-hydrogen) atoms. The maximum absolute atomic E-state index is 12.7. The third-order valence-electron chi connectivity index (χ3n) is 3.56. The van der Waals surface area contributed by atoms with Crippen molar-refractivity contribution in [3.63, 3.8) is 0 Å². The van der Waals surface area contributed by atoms with Crippen LogP contribution in [0.15, 0.2) is 54.6 Å². The number of hydrogen-bond acceptors (Lipinski definition) is 4. The van der Waals surface area contributed by atoms with Crippen LogP contribution in [0.4, 0.5) is 5.69 Å². The smallest absolute Gasteiger partial charge is 0.269 e. The molecule has 1 heterocycles. The molecule has 0 bridgehead atoms. The molecule has 112 valence electrons. The first-order valence-corrected chi connectivity index (χ1v) is 7.93. The second-order valence-electron chi connectivity index (χ2n) is 4.94. The van der Waals surface area contributed by atoms with E-state index in [9.17, 15) is 14.9 Å². The van der Waals surface area contributed by atoms with Crippen LogP contribution in [0.5, 0.6) is 0 Å². The molecule has 6 heteroatoms. The van der Waals surface area contributed by atoms with Crippen LogP contribution in [0.3, 0.4) is 0 Å². The van der Waals surface area contributed by atoms with E-state index in [4.69, 9.17) is 0 Å². The molecule has 1 atom stereocenters. The molecule has 1 aliphatic rings. The number of carbonyl (C=O) groups excluding carboxylic acids is 1. The number of nitro benzene ring substituents is 1. The van der Waals surface area contributed by atoms with Gasteiger partial charge in [-0.15, -0.1) is 11.8 Å². The van der Waals surface area contributed by atoms with Crippen molar-refractivity contribution in [3.05, 3.63) is 75.8 Å². The molecule has 1 saturated heterocycles. The first-order valence-electron chi connectivity index (χ1n) is 6.89. The molecule has 2 aromatic rings. The molecule has 0 aromatic heterocycles. The Morgan fingerprint density at radius 1 is 1.14 bits per heavy atom. The van der Waals surface area contributed by atoms with Crippen molar-refractivity contribution in [2.45, 2.75) is 5.37 Å². The normalized spacial score (nSPS) is 17.5. The number of carbonyl (C=O) groups is 1. The van der Waals surface area contributed by atoms with E-state index < -0.39 is 4.92 Å². The van der Waals surface area contributed by atoms with Crippen LogP contribution in [-0.4, -0.2) is 28.0 Å². The Balaban J connectivity index is 1.83. The second kappa shape index (κ2) is 6.19. The van der Waals surface area contributed by atoms with Gasteiger partial charge in [0.15, 0.2) is 0 Å². The predicted octanol–water partition coefficient (Wildman–Crippen LogP) is 3.48. The number of nitro groups is 1. The lowest BCUT2D eigenvalue weighted by molar-refractivity contribution is -0.384. The number of hydrogen-bond donors (Lipinski definition) is 0. The van der Waals surface area contributed by atoms with Crippen LogP contribution >= 0.6 is 11.8 Å². The van der Waals surface area contributed by atoms with Crippen molar-refractivity contribution >= 4 is 23.4 Å². The van der Waals surface area contributed by atoms with Gasteiger partial charge in [0.05, 0.1) is 4.92 Å². The zero-order chi connectivity index (χ0) is 15.5. The number of nitrogens with zero attached hydrogens (tertiary/aromatic N) is 2. The fourth-order valence-electron chi connectivity index (χ4n) is 2.46. The molecule has 1 fully saturated rings. The summed E-state index contributed by atoms with van der Waals surface area (Å²) >= 11 is 1.73. The van der Waals surface area contributed by atoms with E-state index in [0.717, 1.165) is 11.3 Å². The average molecular weight is 314 g/mol. The molecule has 0 radical (unpaired) electrons. The third-order valence-corrected chi connectivity index (χ3v) is 4.82. The number of benzene rings is 2. The van der Waals surface area contributed by atoms with Gasteiger partial charge in [-0.25, -0.2) is 0 Å². The average Bonchev–Trinajstić information content (AvgIpc) is 3.04. The zero-order valence-electron chi connectivity index (χ0n) is 11.7. The number of rotatable bonds is 3. The summed E-state index contributed by atoms with van der Waals surface area (Å²) in [5, 5.41) is 10.7. The SMILES string of the molecule is O=C(c1ccc([N+](=O)[O-])cc1)N1CCS[C@@H]1c1ccccc1. The molecule has 0 aliphatic carbocycles. The lowest BCUT2D eigenvalue weighted by Gasteiger charge is -2.24. The van der Waals surface area contributed by atoms with E-state index in [1.807, 2.05) is 35.2 Å². The lowest BCUT2D eigenvalue weighted by atomic mass is 10.1. The van der Waals surface area contributed by atoms with Gasteiger partial charge in [0.2, 0.25) is 0 Å². The fraction of sp³-hybridized carbons (Fsp3) is 0.188. The van der Waals surface area contributed by atoms with Gasteiger partial charge in [-0.2, -0.15) is 0 Å². The molecule has 2 aromatic carbocycles. The topological polar surface area (TPSA) is 63.4 Å². The van der Waals surface area contributed by atoms with E-state index in [2.05, 4.69) is 0 Å². The summed E-state index contributed by atoms with van der Waals surface area (Å²) in [7, 11) is 0. The highest BCUT2D eigenvalue weighted by Crippen LogP contribution is 2.38. The van der Waals surface area contributed by atoms with Gasteiger partial charge in [-0.3, -0.25) is 14.9 Å². The van der Waals surface area contributed by atoms with Crippen LogP contribution in [0.25, 0.3) is 0 Å². The van der Waals surface area contributed by atoms with E-state index in [0.29, 0.717) is 12.1 Å². The molecular formula is C16H14N2O3S. The minimum atomic E-state index is -0.466. The van der Waals surface area contributed by atoms with Crippen molar-refractivity contribution in [1.29, 1.82) is 0 Å². The Labute approximate surface area is 132 Å². The predicted molar refractivity (Wildman–Crippen MR) is 85.8 cm³/mol. The third kappa shape index (κ3) is 2.82. The molecule has 1 aliphatic heterocycles. The summed E-state index contributed by atoms with van der Waals surface area (Å²) in [6.07, 6.45) is 0. The highest BCUT2D eigenvalue weighted by atomic mass is 32.2. The summed E-state index contributed by atoms with van der Waals surface area (Å²) in [5.41, 5.74) is 1.57. The van der Waals surface area contributed by atoms with Gasteiger partial charge < -0.3 is 4.90 Å². The summed E-state index contributed by atoms with van der Waals surface area (Å²) in [6, 6.07) is 15.7. The number of amides is 1. The quantitative estimate of drug-likeness (QED) is 0.642. The molecular weight excluding hydrogens is 300 g/mol. The Morgan fingerprint density at radius 3 is 2.45 bits per heavy atom. The van der Waals surface area contributed by atoms with E-state index >= 15 is 0 Å². The van der Waals surface area contributed by atoms with Crippen molar-refractivity contribution < 1.29 is 9.72 Å². The second-order valence-corrected chi connectivity index (χ2v) is 6.12. The summed E-state index contributed by atoms with van der Waals surface area (Å²) in [4.78, 5) is 24.7. The van der Waals surface area contributed by atoms with Crippen molar-refractivity contribution in [2.24, 2.45) is 0 Å². The molecule has 0 spiro atoms. The van der Waals surface area contributed by atoms with E-state index in [1.54, 1.807) is 11.8 Å². The van der Waals surface area contributed by atoms with Gasteiger partial charge in [-0.05, 0) is 17.7 Å². The summed E-state index contributed by atoms with van der Waals surface area (Å²) < 4.78 is 0. The number of non-ortho nitro benzene ring substituents is 1. The monoisotopic (exact) mass is 314 g/mol. The first-order chi connectivity index (χ1) is 10.7. The largest absolute Gasteiger partial charge is 0.322 e. The molecule has 0 N–H and O–H groups in total. The molecule has 1 amide bonds. The van der Waals surface area contributed by atoms with Gasteiger partial charge in [0.1, 0.15) is 5.37 Å². The minimum absolute atomic E-state index is 0.00360. The molecule has 0 saturated carbocycles. The van der Waals surface area contributed by atoms with E-state index in [-0.39, 0.29) is 17.0 Å². The van der Waals surface area contributed by atoms with Gasteiger partial charge in [0, 0.05) is 30.0 Å². The fourth-order valence-corrected chi connectivity index (χ4v) is 3.72. The minimum Gasteiger partial charge on any atom is -0.322 e. The van der Waals surface area contributed by atoms with Crippen LogP contribution in [0, 0.1) is 10.1 Å². The van der Waals surface area contributed by atoms with Crippen molar-refractivity contribution in [1.82, 2.24) is 4.90 Å². The molecule has 0 unspecified atom stereocenters. The Bertz CT molecular complexity index is 688. The van der Waals surface area contributed by atoms with E-state index in [1.165, 1.54) is 24.3 Å². The van der Waals surface area contributed by atoms with Crippen LogP contribution < -0.4 is 0 Å². The lowest BCUT2D eigenvalue weighted by Crippen LogP contribution is -2.30. The maximum atomic E-state index is 12.7.